The standard InChI is InChI=1S/C12H22/c1-4-10(2)11(3)12-8-6-5-7-9-12/h4,10-12H,1,5-9H2,2-3H3. The Bertz CT molecular complexity index is 131. The van der Waals surface area contributed by atoms with Crippen molar-refractivity contribution in [1.82, 2.24) is 0 Å². The summed E-state index contributed by atoms with van der Waals surface area (Å²) in [5.41, 5.74) is 0. The molecule has 0 amide bonds. The van der Waals surface area contributed by atoms with Crippen molar-refractivity contribution in [2.75, 3.05) is 0 Å². The van der Waals surface area contributed by atoms with Crippen molar-refractivity contribution in [2.45, 2.75) is 46.0 Å². The first-order valence-electron chi connectivity index (χ1n) is 5.38. The number of allylic oxidation sites excluding steroid dienone is 1. The summed E-state index contributed by atoms with van der Waals surface area (Å²) in [5.74, 6) is 2.53. The minimum absolute atomic E-state index is 0.702. The number of hydrogen-bond donors (Lipinski definition) is 0. The number of hydrogen-bond acceptors (Lipinski definition) is 0. The van der Waals surface area contributed by atoms with Crippen molar-refractivity contribution in [3.63, 3.8) is 0 Å². The highest BCUT2D eigenvalue weighted by Gasteiger charge is 2.22. The zero-order chi connectivity index (χ0) is 8.97. The van der Waals surface area contributed by atoms with Gasteiger partial charge in [-0.3, -0.25) is 0 Å². The lowest BCUT2D eigenvalue weighted by atomic mass is 9.76. The van der Waals surface area contributed by atoms with Crippen LogP contribution in [-0.4, -0.2) is 0 Å². The molecule has 1 aliphatic carbocycles. The Hall–Kier alpha value is -0.260. The molecule has 2 atom stereocenters. The normalized spacial score (nSPS) is 24.8. The minimum atomic E-state index is 0.702. The van der Waals surface area contributed by atoms with E-state index in [1.54, 1.807) is 0 Å². The van der Waals surface area contributed by atoms with Gasteiger partial charge in [0.25, 0.3) is 0 Å². The van der Waals surface area contributed by atoms with Crippen molar-refractivity contribution in [2.24, 2.45) is 17.8 Å². The molecule has 1 saturated carbocycles. The van der Waals surface area contributed by atoms with Crippen LogP contribution in [0.5, 0.6) is 0 Å². The number of rotatable bonds is 3. The molecule has 2 unspecified atom stereocenters. The van der Waals surface area contributed by atoms with Crippen LogP contribution in [0, 0.1) is 17.8 Å². The van der Waals surface area contributed by atoms with Crippen LogP contribution in [0.3, 0.4) is 0 Å². The molecule has 0 aromatic heterocycles. The lowest BCUT2D eigenvalue weighted by Crippen LogP contribution is -2.20. The largest absolute Gasteiger partial charge is 0.103 e. The van der Waals surface area contributed by atoms with E-state index in [2.05, 4.69) is 26.5 Å². The summed E-state index contributed by atoms with van der Waals surface area (Å²) >= 11 is 0. The van der Waals surface area contributed by atoms with Crippen LogP contribution in [0.25, 0.3) is 0 Å². The minimum Gasteiger partial charge on any atom is -0.103 e. The Kier molecular flexibility index (Phi) is 3.84. The molecule has 0 N–H and O–H groups in total. The molecule has 0 radical (unpaired) electrons. The Balaban J connectivity index is 2.38. The molecular formula is C12H22. The first-order chi connectivity index (χ1) is 5.75. The average molecular weight is 166 g/mol. The van der Waals surface area contributed by atoms with E-state index in [0.29, 0.717) is 5.92 Å². The monoisotopic (exact) mass is 166 g/mol. The van der Waals surface area contributed by atoms with Gasteiger partial charge in [-0.2, -0.15) is 0 Å². The van der Waals surface area contributed by atoms with Gasteiger partial charge >= 0.3 is 0 Å². The van der Waals surface area contributed by atoms with Crippen LogP contribution in [0.1, 0.15) is 46.0 Å². The predicted molar refractivity (Wildman–Crippen MR) is 55.1 cm³/mol. The maximum atomic E-state index is 3.88. The molecule has 70 valence electrons. The fraction of sp³-hybridized carbons (Fsp3) is 0.833. The third-order valence-electron chi connectivity index (χ3n) is 3.59. The highest BCUT2D eigenvalue weighted by Crippen LogP contribution is 2.33. The van der Waals surface area contributed by atoms with Crippen molar-refractivity contribution in [3.05, 3.63) is 12.7 Å². The Morgan fingerprint density at radius 3 is 2.25 bits per heavy atom. The molecule has 0 nitrogen and oxygen atoms in total. The van der Waals surface area contributed by atoms with Crippen molar-refractivity contribution in [3.8, 4) is 0 Å². The maximum Gasteiger partial charge on any atom is -0.0236 e. The van der Waals surface area contributed by atoms with Gasteiger partial charge in [0, 0.05) is 0 Å². The van der Waals surface area contributed by atoms with Crippen molar-refractivity contribution < 1.29 is 0 Å². The lowest BCUT2D eigenvalue weighted by Gasteiger charge is -2.30. The van der Waals surface area contributed by atoms with Gasteiger partial charge < -0.3 is 0 Å². The van der Waals surface area contributed by atoms with E-state index < -0.39 is 0 Å². The molecule has 0 saturated heterocycles. The second kappa shape index (κ2) is 4.69. The van der Waals surface area contributed by atoms with Gasteiger partial charge in [-0.1, -0.05) is 52.0 Å². The first-order valence-corrected chi connectivity index (χ1v) is 5.38. The van der Waals surface area contributed by atoms with E-state index in [0.717, 1.165) is 11.8 Å². The van der Waals surface area contributed by atoms with Gasteiger partial charge in [0.05, 0.1) is 0 Å². The zero-order valence-corrected chi connectivity index (χ0v) is 8.55. The Labute approximate surface area is 77.1 Å². The summed E-state index contributed by atoms with van der Waals surface area (Å²) in [5, 5.41) is 0. The van der Waals surface area contributed by atoms with Crippen LogP contribution >= 0.6 is 0 Å². The average Bonchev–Trinajstić information content (AvgIpc) is 2.17. The molecule has 1 fully saturated rings. The van der Waals surface area contributed by atoms with E-state index in [-0.39, 0.29) is 0 Å². The van der Waals surface area contributed by atoms with Crippen molar-refractivity contribution in [1.29, 1.82) is 0 Å². The lowest BCUT2D eigenvalue weighted by molar-refractivity contribution is 0.227. The van der Waals surface area contributed by atoms with Gasteiger partial charge in [0.2, 0.25) is 0 Å². The zero-order valence-electron chi connectivity index (χ0n) is 8.55. The van der Waals surface area contributed by atoms with Gasteiger partial charge in [0.15, 0.2) is 0 Å². The molecule has 1 rings (SSSR count). The summed E-state index contributed by atoms with van der Waals surface area (Å²) in [4.78, 5) is 0. The summed E-state index contributed by atoms with van der Waals surface area (Å²) in [6.07, 6.45) is 9.40. The highest BCUT2D eigenvalue weighted by molar-refractivity contribution is 4.84. The molecule has 0 aromatic carbocycles. The predicted octanol–water partition coefficient (Wildman–Crippen LogP) is 4.02. The molecule has 0 aliphatic heterocycles. The van der Waals surface area contributed by atoms with Crippen LogP contribution < -0.4 is 0 Å². The van der Waals surface area contributed by atoms with Crippen LogP contribution in [0.4, 0.5) is 0 Å². The Morgan fingerprint density at radius 1 is 1.17 bits per heavy atom. The topological polar surface area (TPSA) is 0 Å². The molecular weight excluding hydrogens is 144 g/mol. The SMILES string of the molecule is C=CC(C)C(C)C1CCCCC1. The van der Waals surface area contributed by atoms with E-state index in [9.17, 15) is 0 Å². The van der Waals surface area contributed by atoms with Crippen LogP contribution in [0.15, 0.2) is 12.7 Å². The molecule has 0 aromatic rings. The van der Waals surface area contributed by atoms with Crippen LogP contribution in [0.2, 0.25) is 0 Å². The third kappa shape index (κ3) is 2.36. The van der Waals surface area contributed by atoms with Gasteiger partial charge in [-0.15, -0.1) is 6.58 Å². The van der Waals surface area contributed by atoms with E-state index in [4.69, 9.17) is 0 Å². The highest BCUT2D eigenvalue weighted by atomic mass is 14.3. The fourth-order valence-corrected chi connectivity index (χ4v) is 2.30. The van der Waals surface area contributed by atoms with E-state index in [1.165, 1.54) is 32.1 Å². The summed E-state index contributed by atoms with van der Waals surface area (Å²) < 4.78 is 0. The molecule has 0 spiro atoms. The molecule has 0 bridgehead atoms. The first kappa shape index (κ1) is 9.83. The quantitative estimate of drug-likeness (QED) is 0.555. The molecule has 12 heavy (non-hydrogen) atoms. The molecule has 0 heterocycles. The summed E-state index contributed by atoms with van der Waals surface area (Å²) in [7, 11) is 0. The smallest absolute Gasteiger partial charge is 0.0236 e. The third-order valence-corrected chi connectivity index (χ3v) is 3.59. The van der Waals surface area contributed by atoms with Crippen molar-refractivity contribution >= 4 is 0 Å². The van der Waals surface area contributed by atoms with Gasteiger partial charge in [-0.05, 0) is 17.8 Å². The molecule has 0 heteroatoms. The van der Waals surface area contributed by atoms with Crippen LogP contribution in [-0.2, 0) is 0 Å². The molecule has 1 aliphatic rings. The Morgan fingerprint density at radius 2 is 1.75 bits per heavy atom. The maximum absolute atomic E-state index is 3.88. The second-order valence-corrected chi connectivity index (χ2v) is 4.35. The summed E-state index contributed by atoms with van der Waals surface area (Å²) in [6, 6.07) is 0. The van der Waals surface area contributed by atoms with Gasteiger partial charge in [-0.25, -0.2) is 0 Å². The second-order valence-electron chi connectivity index (χ2n) is 4.35. The van der Waals surface area contributed by atoms with E-state index >= 15 is 0 Å². The van der Waals surface area contributed by atoms with Gasteiger partial charge in [0.1, 0.15) is 0 Å². The fourth-order valence-electron chi connectivity index (χ4n) is 2.30. The summed E-state index contributed by atoms with van der Waals surface area (Å²) in [6.45, 7) is 8.57. The van der Waals surface area contributed by atoms with E-state index in [1.807, 2.05) is 0 Å².